The van der Waals surface area contributed by atoms with Gasteiger partial charge < -0.3 is 9.84 Å². The third-order valence-electron chi connectivity index (χ3n) is 3.24. The van der Waals surface area contributed by atoms with Gasteiger partial charge in [0, 0.05) is 17.5 Å². The molecule has 1 fully saturated rings. The van der Waals surface area contributed by atoms with Gasteiger partial charge in [0.05, 0.1) is 4.91 Å². The monoisotopic (exact) mass is 319 g/mol. The highest BCUT2D eigenvalue weighted by Crippen LogP contribution is 2.29. The number of thioether (sulfide) groups is 1. The topological polar surface area (TPSA) is 60.1 Å². The van der Waals surface area contributed by atoms with Crippen molar-refractivity contribution in [2.24, 2.45) is 0 Å². The van der Waals surface area contributed by atoms with E-state index in [1.807, 2.05) is 43.5 Å². The number of hydrogen-bond donors (Lipinski definition) is 1. The highest BCUT2D eigenvalue weighted by Gasteiger charge is 2.23. The van der Waals surface area contributed by atoms with Crippen molar-refractivity contribution in [1.82, 2.24) is 15.0 Å². The molecule has 2 aromatic rings. The zero-order valence-corrected chi connectivity index (χ0v) is 13.4. The van der Waals surface area contributed by atoms with Gasteiger partial charge >= 0.3 is 0 Å². The second-order valence-corrected chi connectivity index (χ2v) is 6.53. The number of nitrogens with one attached hydrogen (secondary N) is 1. The van der Waals surface area contributed by atoms with Crippen LogP contribution in [0.25, 0.3) is 11.9 Å². The van der Waals surface area contributed by atoms with Crippen LogP contribution < -0.4 is 5.32 Å². The average molecular weight is 319 g/mol. The highest BCUT2D eigenvalue weighted by molar-refractivity contribution is 8.26. The highest BCUT2D eigenvalue weighted by atomic mass is 32.2. The SMILES string of the molecule is Cc1cc(-n2c(C)cc(/C=C3\SC(=S)NC3=O)c2C)no1. The second kappa shape index (κ2) is 5.16. The van der Waals surface area contributed by atoms with Crippen LogP contribution in [-0.2, 0) is 4.79 Å². The molecule has 1 N–H and O–H groups in total. The molecule has 1 amide bonds. The molecule has 3 heterocycles. The first-order valence-corrected chi connectivity index (χ1v) is 7.55. The summed E-state index contributed by atoms with van der Waals surface area (Å²) < 4.78 is 7.62. The number of thiocarbonyl (C=S) groups is 1. The van der Waals surface area contributed by atoms with Gasteiger partial charge in [0.1, 0.15) is 10.1 Å². The molecule has 0 spiro atoms. The van der Waals surface area contributed by atoms with E-state index < -0.39 is 0 Å². The predicted octanol–water partition coefficient (Wildman–Crippen LogP) is 2.88. The van der Waals surface area contributed by atoms with E-state index in [4.69, 9.17) is 16.7 Å². The number of amides is 1. The molecule has 1 aliphatic rings. The summed E-state index contributed by atoms with van der Waals surface area (Å²) in [7, 11) is 0. The van der Waals surface area contributed by atoms with Crippen molar-refractivity contribution in [3.63, 3.8) is 0 Å². The van der Waals surface area contributed by atoms with Crippen molar-refractivity contribution in [3.05, 3.63) is 39.7 Å². The second-order valence-electron chi connectivity index (χ2n) is 4.81. The third kappa shape index (κ3) is 2.54. The molecule has 0 aliphatic carbocycles. The molecule has 108 valence electrons. The molecule has 0 bridgehead atoms. The maximum atomic E-state index is 11.7. The molecule has 3 rings (SSSR count). The Morgan fingerprint density at radius 1 is 1.38 bits per heavy atom. The lowest BCUT2D eigenvalue weighted by Crippen LogP contribution is -2.17. The molecular weight excluding hydrogens is 306 g/mol. The maximum Gasteiger partial charge on any atom is 0.263 e. The summed E-state index contributed by atoms with van der Waals surface area (Å²) in [5.41, 5.74) is 2.99. The lowest BCUT2D eigenvalue weighted by Gasteiger charge is -2.04. The number of carbonyl (C=O) groups excluding carboxylic acids is 1. The molecule has 7 heteroatoms. The van der Waals surface area contributed by atoms with E-state index in [-0.39, 0.29) is 5.91 Å². The molecule has 0 unspecified atom stereocenters. The van der Waals surface area contributed by atoms with Crippen molar-refractivity contribution in [1.29, 1.82) is 0 Å². The zero-order valence-electron chi connectivity index (χ0n) is 11.8. The number of rotatable bonds is 2. The number of aromatic nitrogens is 2. The van der Waals surface area contributed by atoms with Crippen LogP contribution in [-0.4, -0.2) is 20.0 Å². The summed E-state index contributed by atoms with van der Waals surface area (Å²) in [6.45, 7) is 5.83. The van der Waals surface area contributed by atoms with Gasteiger partial charge in [0.15, 0.2) is 5.82 Å². The fraction of sp³-hybridized carbons (Fsp3) is 0.214. The predicted molar refractivity (Wildman–Crippen MR) is 86.3 cm³/mol. The summed E-state index contributed by atoms with van der Waals surface area (Å²) in [5.74, 6) is 1.35. The summed E-state index contributed by atoms with van der Waals surface area (Å²) in [6, 6.07) is 3.89. The third-order valence-corrected chi connectivity index (χ3v) is 4.41. The number of carbonyl (C=O) groups is 1. The van der Waals surface area contributed by atoms with Gasteiger partial charge in [-0.15, -0.1) is 0 Å². The van der Waals surface area contributed by atoms with Crippen LogP contribution in [0.15, 0.2) is 21.6 Å². The molecule has 0 atom stereocenters. The van der Waals surface area contributed by atoms with E-state index in [0.717, 1.165) is 28.5 Å². The minimum atomic E-state index is -0.146. The summed E-state index contributed by atoms with van der Waals surface area (Å²) >= 11 is 6.28. The Morgan fingerprint density at radius 3 is 2.71 bits per heavy atom. The quantitative estimate of drug-likeness (QED) is 0.681. The van der Waals surface area contributed by atoms with E-state index in [1.165, 1.54) is 11.8 Å². The molecule has 0 saturated carbocycles. The van der Waals surface area contributed by atoms with Crippen LogP contribution in [0.3, 0.4) is 0 Å². The van der Waals surface area contributed by atoms with E-state index in [9.17, 15) is 4.79 Å². The standard InChI is InChI=1S/C14H13N3O2S2/c1-7-4-10(6-11-13(18)15-14(20)21-11)9(3)17(7)12-5-8(2)19-16-12/h4-6H,1-3H3,(H,15,18,20)/b11-6-. The van der Waals surface area contributed by atoms with Crippen LogP contribution in [0.5, 0.6) is 0 Å². The van der Waals surface area contributed by atoms with Crippen molar-refractivity contribution in [2.45, 2.75) is 20.8 Å². The summed E-state index contributed by atoms with van der Waals surface area (Å²) in [5, 5.41) is 6.66. The van der Waals surface area contributed by atoms with E-state index in [1.54, 1.807) is 0 Å². The van der Waals surface area contributed by atoms with Gasteiger partial charge in [-0.3, -0.25) is 9.36 Å². The number of hydrogen-bond acceptors (Lipinski definition) is 5. The molecule has 0 aromatic carbocycles. The van der Waals surface area contributed by atoms with E-state index in [0.29, 0.717) is 9.23 Å². The van der Waals surface area contributed by atoms with E-state index in [2.05, 4.69) is 10.5 Å². The molecule has 0 radical (unpaired) electrons. The Bertz CT molecular complexity index is 786. The van der Waals surface area contributed by atoms with Crippen molar-refractivity contribution in [2.75, 3.05) is 0 Å². The lowest BCUT2D eigenvalue weighted by atomic mass is 10.2. The Labute approximate surface area is 131 Å². The fourth-order valence-corrected chi connectivity index (χ4v) is 3.34. The van der Waals surface area contributed by atoms with Crippen LogP contribution in [0, 0.1) is 20.8 Å². The zero-order chi connectivity index (χ0) is 15.1. The van der Waals surface area contributed by atoms with Crippen LogP contribution in [0.2, 0.25) is 0 Å². The average Bonchev–Trinajstić information content (AvgIpc) is 3.02. The Hall–Kier alpha value is -1.86. The Kier molecular flexibility index (Phi) is 3.46. The minimum absolute atomic E-state index is 0.146. The lowest BCUT2D eigenvalue weighted by molar-refractivity contribution is -0.115. The molecule has 5 nitrogen and oxygen atoms in total. The van der Waals surface area contributed by atoms with E-state index >= 15 is 0 Å². The number of nitrogens with zero attached hydrogens (tertiary/aromatic N) is 2. The smallest absolute Gasteiger partial charge is 0.263 e. The fourth-order valence-electron chi connectivity index (χ4n) is 2.31. The minimum Gasteiger partial charge on any atom is -0.360 e. The first-order valence-electron chi connectivity index (χ1n) is 6.33. The molecular formula is C14H13N3O2S2. The molecule has 2 aromatic heterocycles. The van der Waals surface area contributed by atoms with Gasteiger partial charge in [-0.1, -0.05) is 29.1 Å². The van der Waals surface area contributed by atoms with Gasteiger partial charge in [-0.25, -0.2) is 0 Å². The Morgan fingerprint density at radius 2 is 2.14 bits per heavy atom. The largest absolute Gasteiger partial charge is 0.360 e. The van der Waals surface area contributed by atoms with Crippen LogP contribution >= 0.6 is 24.0 Å². The van der Waals surface area contributed by atoms with Gasteiger partial charge in [0.25, 0.3) is 5.91 Å². The summed E-state index contributed by atoms with van der Waals surface area (Å²) in [6.07, 6.45) is 1.85. The van der Waals surface area contributed by atoms with Crippen LogP contribution in [0.1, 0.15) is 22.7 Å². The summed E-state index contributed by atoms with van der Waals surface area (Å²) in [4.78, 5) is 12.4. The van der Waals surface area contributed by atoms with Gasteiger partial charge in [-0.05, 0) is 38.5 Å². The first kappa shape index (κ1) is 14.1. The molecule has 1 saturated heterocycles. The van der Waals surface area contributed by atoms with Crippen molar-refractivity contribution >= 4 is 40.3 Å². The Balaban J connectivity index is 2.04. The molecule has 1 aliphatic heterocycles. The number of aryl methyl sites for hydroxylation is 2. The normalized spacial score (nSPS) is 16.8. The first-order chi connectivity index (χ1) is 9.95. The van der Waals surface area contributed by atoms with Gasteiger partial charge in [-0.2, -0.15) is 0 Å². The van der Waals surface area contributed by atoms with Crippen LogP contribution in [0.4, 0.5) is 0 Å². The van der Waals surface area contributed by atoms with Crippen molar-refractivity contribution < 1.29 is 9.32 Å². The van der Waals surface area contributed by atoms with Crippen molar-refractivity contribution in [3.8, 4) is 5.82 Å². The van der Waals surface area contributed by atoms with Gasteiger partial charge in [0.2, 0.25) is 0 Å². The molecule has 21 heavy (non-hydrogen) atoms. The maximum absolute atomic E-state index is 11.7.